The molecule has 126 valence electrons. The van der Waals surface area contributed by atoms with Crippen LogP contribution in [0.15, 0.2) is 30.3 Å². The summed E-state index contributed by atoms with van der Waals surface area (Å²) >= 11 is 0. The van der Waals surface area contributed by atoms with Crippen molar-refractivity contribution in [1.82, 2.24) is 4.90 Å². The Bertz CT molecular complexity index is 579. The number of rotatable bonds is 2. The topological polar surface area (TPSA) is 46.6 Å². The average Bonchev–Trinajstić information content (AvgIpc) is 2.78. The summed E-state index contributed by atoms with van der Waals surface area (Å²) in [7, 11) is 0. The van der Waals surface area contributed by atoms with Crippen molar-refractivity contribution >= 4 is 12.0 Å². The van der Waals surface area contributed by atoms with Crippen LogP contribution in [0.3, 0.4) is 0 Å². The van der Waals surface area contributed by atoms with Gasteiger partial charge in [-0.2, -0.15) is 13.2 Å². The molecule has 0 unspecified atom stereocenters. The molecule has 1 aromatic rings. The molecule has 1 aromatic carbocycles. The summed E-state index contributed by atoms with van der Waals surface area (Å²) in [5, 5.41) is 0. The van der Waals surface area contributed by atoms with Crippen molar-refractivity contribution in [3.63, 3.8) is 0 Å². The van der Waals surface area contributed by atoms with Crippen LogP contribution >= 0.6 is 0 Å². The van der Waals surface area contributed by atoms with Gasteiger partial charge in [0.25, 0.3) is 0 Å². The molecule has 0 spiro atoms. The summed E-state index contributed by atoms with van der Waals surface area (Å²) in [4.78, 5) is 25.0. The van der Waals surface area contributed by atoms with E-state index in [1.54, 1.807) is 30.3 Å². The van der Waals surface area contributed by atoms with Crippen LogP contribution in [-0.4, -0.2) is 29.7 Å². The smallest absolute Gasteiger partial charge is 0.417 e. The Labute approximate surface area is 132 Å². The molecule has 0 N–H and O–H groups in total. The summed E-state index contributed by atoms with van der Waals surface area (Å²) in [5.74, 6) is -3.56. The van der Waals surface area contributed by atoms with Gasteiger partial charge in [-0.3, -0.25) is 4.79 Å². The average molecular weight is 329 g/mol. The number of hydrogen-bond donors (Lipinski definition) is 0. The number of alkyl halides is 3. The lowest BCUT2D eigenvalue weighted by Crippen LogP contribution is -2.49. The highest BCUT2D eigenvalue weighted by Gasteiger charge is 2.56. The number of cyclic esters (lactones) is 1. The van der Waals surface area contributed by atoms with Crippen LogP contribution in [0.5, 0.6) is 0 Å². The quantitative estimate of drug-likeness (QED) is 0.826. The van der Waals surface area contributed by atoms with E-state index >= 15 is 0 Å². The highest BCUT2D eigenvalue weighted by molar-refractivity contribution is 5.95. The molecule has 0 aliphatic carbocycles. The van der Waals surface area contributed by atoms with E-state index in [-0.39, 0.29) is 6.61 Å². The molecule has 0 bridgehead atoms. The van der Waals surface area contributed by atoms with E-state index in [1.807, 2.05) is 0 Å². The number of nitrogens with zero attached hydrogens (tertiary/aromatic N) is 1. The molecule has 23 heavy (non-hydrogen) atoms. The van der Waals surface area contributed by atoms with E-state index in [1.165, 1.54) is 20.8 Å². The van der Waals surface area contributed by atoms with Crippen molar-refractivity contribution in [2.24, 2.45) is 11.3 Å². The fraction of sp³-hybridized carbons (Fsp3) is 0.500. The molecule has 7 heteroatoms. The molecule has 0 radical (unpaired) electrons. The Morgan fingerprint density at radius 3 is 2.26 bits per heavy atom. The fourth-order valence-corrected chi connectivity index (χ4v) is 2.73. The lowest BCUT2D eigenvalue weighted by Gasteiger charge is -2.34. The van der Waals surface area contributed by atoms with E-state index in [2.05, 4.69) is 0 Å². The molecule has 1 saturated heterocycles. The largest absolute Gasteiger partial charge is 0.446 e. The van der Waals surface area contributed by atoms with Crippen LogP contribution in [-0.2, 0) is 9.53 Å². The van der Waals surface area contributed by atoms with Gasteiger partial charge in [0.15, 0.2) is 0 Å². The zero-order valence-corrected chi connectivity index (χ0v) is 13.1. The van der Waals surface area contributed by atoms with Gasteiger partial charge in [-0.25, -0.2) is 9.69 Å². The third-order valence-electron chi connectivity index (χ3n) is 3.74. The molecule has 4 nitrogen and oxygen atoms in total. The minimum atomic E-state index is -4.75. The predicted octanol–water partition coefficient (Wildman–Crippen LogP) is 3.93. The predicted molar refractivity (Wildman–Crippen MR) is 76.4 cm³/mol. The highest BCUT2D eigenvalue weighted by atomic mass is 19.4. The third-order valence-corrected chi connectivity index (χ3v) is 3.74. The summed E-state index contributed by atoms with van der Waals surface area (Å²) in [5.41, 5.74) is -0.819. The maximum Gasteiger partial charge on any atom is 0.417 e. The highest BCUT2D eigenvalue weighted by Crippen LogP contribution is 2.43. The summed E-state index contributed by atoms with van der Waals surface area (Å²) < 4.78 is 45.0. The number of ether oxygens (including phenoxy) is 1. The van der Waals surface area contributed by atoms with Gasteiger partial charge < -0.3 is 4.74 Å². The number of halogens is 3. The lowest BCUT2D eigenvalue weighted by atomic mass is 9.79. The Morgan fingerprint density at radius 2 is 1.78 bits per heavy atom. The number of imide groups is 1. The van der Waals surface area contributed by atoms with Gasteiger partial charge in [-0.1, -0.05) is 51.1 Å². The molecule has 2 rings (SSSR count). The summed E-state index contributed by atoms with van der Waals surface area (Å²) in [6, 6.07) is 7.56. The van der Waals surface area contributed by atoms with Crippen molar-refractivity contribution in [2.75, 3.05) is 6.61 Å². The first-order valence-corrected chi connectivity index (χ1v) is 7.15. The number of hydrogen-bond acceptors (Lipinski definition) is 3. The van der Waals surface area contributed by atoms with Gasteiger partial charge in [0.05, 0.1) is 0 Å². The molecular weight excluding hydrogens is 311 g/mol. The second kappa shape index (κ2) is 5.86. The van der Waals surface area contributed by atoms with Crippen LogP contribution in [0.4, 0.5) is 18.0 Å². The molecule has 1 fully saturated rings. The maximum absolute atomic E-state index is 13.4. The Balaban J connectivity index is 2.40. The van der Waals surface area contributed by atoms with Gasteiger partial charge in [0, 0.05) is 0 Å². The van der Waals surface area contributed by atoms with Crippen molar-refractivity contribution in [1.29, 1.82) is 0 Å². The Hall–Kier alpha value is -2.05. The number of amides is 2. The van der Waals surface area contributed by atoms with Crippen LogP contribution in [0.1, 0.15) is 32.4 Å². The number of benzene rings is 1. The fourth-order valence-electron chi connectivity index (χ4n) is 2.73. The Kier molecular flexibility index (Phi) is 4.41. The maximum atomic E-state index is 13.4. The third kappa shape index (κ3) is 3.48. The van der Waals surface area contributed by atoms with E-state index < -0.39 is 35.6 Å². The second-order valence-corrected chi connectivity index (χ2v) is 6.55. The number of carbonyl (C=O) groups excluding carboxylic acids is 2. The first kappa shape index (κ1) is 17.3. The molecule has 0 aromatic heterocycles. The van der Waals surface area contributed by atoms with Crippen molar-refractivity contribution in [2.45, 2.75) is 33.0 Å². The molecule has 1 aliphatic rings. The minimum Gasteiger partial charge on any atom is -0.446 e. The van der Waals surface area contributed by atoms with E-state index in [0.29, 0.717) is 10.5 Å². The molecule has 2 atom stereocenters. The molecule has 2 amide bonds. The minimum absolute atomic E-state index is 0.149. The first-order valence-electron chi connectivity index (χ1n) is 7.15. The van der Waals surface area contributed by atoms with Crippen LogP contribution < -0.4 is 0 Å². The second-order valence-electron chi connectivity index (χ2n) is 6.55. The van der Waals surface area contributed by atoms with Crippen molar-refractivity contribution < 1.29 is 27.5 Å². The van der Waals surface area contributed by atoms with E-state index in [0.717, 1.165) is 0 Å². The van der Waals surface area contributed by atoms with Crippen molar-refractivity contribution in [3.05, 3.63) is 35.9 Å². The van der Waals surface area contributed by atoms with Gasteiger partial charge in [-0.15, -0.1) is 0 Å². The molecule has 1 heterocycles. The van der Waals surface area contributed by atoms with Crippen molar-refractivity contribution in [3.8, 4) is 0 Å². The van der Waals surface area contributed by atoms with Gasteiger partial charge >= 0.3 is 12.3 Å². The van der Waals surface area contributed by atoms with E-state index in [4.69, 9.17) is 4.74 Å². The Morgan fingerprint density at radius 1 is 1.22 bits per heavy atom. The molecule has 1 aliphatic heterocycles. The monoisotopic (exact) mass is 329 g/mol. The standard InChI is InChI=1S/C16H18F3NO3/c1-15(2,3)12(16(17,18)19)13(21)20-11(9-23-14(20)22)10-7-5-4-6-8-10/h4-8,11-12H,9H2,1-3H3/t11-,12-/m0/s1. The summed E-state index contributed by atoms with van der Waals surface area (Å²) in [6.07, 6.45) is -5.79. The zero-order chi connectivity index (χ0) is 17.4. The molecule has 0 saturated carbocycles. The first-order chi connectivity index (χ1) is 10.5. The molecular formula is C16H18F3NO3. The van der Waals surface area contributed by atoms with Gasteiger partial charge in [0.1, 0.15) is 18.6 Å². The summed E-state index contributed by atoms with van der Waals surface area (Å²) in [6.45, 7) is 3.81. The van der Waals surface area contributed by atoms with Gasteiger partial charge in [-0.05, 0) is 11.0 Å². The van der Waals surface area contributed by atoms with Crippen LogP contribution in [0, 0.1) is 11.3 Å². The van der Waals surface area contributed by atoms with E-state index in [9.17, 15) is 22.8 Å². The van der Waals surface area contributed by atoms with Crippen LogP contribution in [0.25, 0.3) is 0 Å². The lowest BCUT2D eigenvalue weighted by molar-refractivity contribution is -0.206. The van der Waals surface area contributed by atoms with Crippen LogP contribution in [0.2, 0.25) is 0 Å². The zero-order valence-electron chi connectivity index (χ0n) is 13.1. The normalized spacial score (nSPS) is 20.3. The van der Waals surface area contributed by atoms with Gasteiger partial charge in [0.2, 0.25) is 5.91 Å². The SMILES string of the molecule is CC(C)(C)[C@H](C(=O)N1C(=O)OC[C@H]1c1ccccc1)C(F)(F)F. The number of carbonyl (C=O) groups is 2.